The number of hydrogen-bond acceptors (Lipinski definition) is 8. The maximum atomic E-state index is 11.2. The summed E-state index contributed by atoms with van der Waals surface area (Å²) >= 11 is 0. The van der Waals surface area contributed by atoms with Crippen molar-refractivity contribution in [1.82, 2.24) is 0 Å². The summed E-state index contributed by atoms with van der Waals surface area (Å²) in [6, 6.07) is -0.321. The monoisotopic (exact) mass is 688 g/mol. The maximum Gasteiger partial charge on any atom is 0.369 e. The molecule has 0 amide bonds. The molecule has 19 nitrogen and oxygen atoms in total. The first-order valence-electron chi connectivity index (χ1n) is 12.2. The van der Waals surface area contributed by atoms with Crippen LogP contribution in [-0.2, 0) is 18.3 Å². The predicted octanol–water partition coefficient (Wildman–Crippen LogP) is -1.90. The van der Waals surface area contributed by atoms with Crippen LogP contribution in [-0.4, -0.2) is 88.0 Å². The van der Waals surface area contributed by atoms with E-state index in [0.717, 1.165) is 51.4 Å². The molecule has 0 spiro atoms. The van der Waals surface area contributed by atoms with Crippen molar-refractivity contribution in [3.63, 3.8) is 0 Å². The Labute approximate surface area is 237 Å². The van der Waals surface area contributed by atoms with Crippen LogP contribution in [0.1, 0.15) is 77.0 Å². The molecule has 2 aliphatic carbocycles. The molecular formula is C18H48N2O17P4. The summed E-state index contributed by atoms with van der Waals surface area (Å²) in [5, 5.41) is 12.9. The highest BCUT2D eigenvalue weighted by molar-refractivity contribution is 7.72. The Morgan fingerprint density at radius 1 is 0.512 bits per heavy atom. The molecule has 0 bridgehead atoms. The van der Waals surface area contributed by atoms with Crippen molar-refractivity contribution in [2.75, 3.05) is 0 Å². The number of aliphatic hydroxyl groups is 2. The van der Waals surface area contributed by atoms with Crippen LogP contribution in [0.4, 0.5) is 0 Å². The highest BCUT2D eigenvalue weighted by Gasteiger charge is 2.60. The average molecular weight is 688 g/mol. The summed E-state index contributed by atoms with van der Waals surface area (Å²) in [6.07, 6.45) is 5.62. The zero-order chi connectivity index (χ0) is 29.8. The van der Waals surface area contributed by atoms with Crippen molar-refractivity contribution in [3.8, 4) is 0 Å². The molecule has 252 valence electrons. The fourth-order valence-corrected chi connectivity index (χ4v) is 9.27. The number of nitrogens with two attached hydrogens (primary N) is 2. The van der Waals surface area contributed by atoms with Gasteiger partial charge in [0.1, 0.15) is 0 Å². The minimum Gasteiger partial charge on any atom is -0.412 e. The Bertz CT molecular complexity index is 843. The Morgan fingerprint density at radius 2 is 0.732 bits per heavy atom. The topological polar surface area (TPSA) is 417 Å². The molecule has 4 atom stereocenters. The Balaban J connectivity index is -0.000000656. The van der Waals surface area contributed by atoms with Gasteiger partial charge in [-0.2, -0.15) is 0 Å². The van der Waals surface area contributed by atoms with E-state index in [9.17, 15) is 28.5 Å². The molecule has 2 rings (SSSR count). The van der Waals surface area contributed by atoms with E-state index in [-0.39, 0.29) is 53.2 Å². The number of rotatable bonds is 10. The second kappa shape index (κ2) is 17.1. The zero-order valence-electron chi connectivity index (χ0n) is 22.3. The van der Waals surface area contributed by atoms with Crippen molar-refractivity contribution in [2.24, 2.45) is 23.3 Å². The lowest BCUT2D eigenvalue weighted by Crippen LogP contribution is -2.36. The van der Waals surface area contributed by atoms with E-state index in [1.807, 2.05) is 0 Å². The van der Waals surface area contributed by atoms with Gasteiger partial charge in [0.05, 0.1) is 0 Å². The van der Waals surface area contributed by atoms with Gasteiger partial charge in [0.15, 0.2) is 0 Å². The van der Waals surface area contributed by atoms with Gasteiger partial charge in [-0.15, -0.1) is 0 Å². The molecule has 0 aromatic heterocycles. The minimum atomic E-state index is -5.35. The van der Waals surface area contributed by atoms with Crippen molar-refractivity contribution in [2.45, 2.75) is 99.3 Å². The van der Waals surface area contributed by atoms with Crippen LogP contribution in [0, 0.1) is 11.8 Å². The molecule has 0 heterocycles. The first kappa shape index (κ1) is 45.7. The van der Waals surface area contributed by atoms with Crippen LogP contribution in [0.5, 0.6) is 0 Å². The van der Waals surface area contributed by atoms with Gasteiger partial charge >= 0.3 is 30.4 Å². The molecule has 4 unspecified atom stereocenters. The summed E-state index contributed by atoms with van der Waals surface area (Å²) in [7, 11) is -21.4. The average Bonchev–Trinajstić information content (AvgIpc) is 2.75. The van der Waals surface area contributed by atoms with E-state index in [1.54, 1.807) is 0 Å². The molecule has 0 aromatic rings. The Kier molecular flexibility index (Phi) is 19.1. The molecule has 0 aliphatic heterocycles. The van der Waals surface area contributed by atoms with Gasteiger partial charge in [-0.1, -0.05) is 25.7 Å². The minimum absolute atomic E-state index is 0. The lowest BCUT2D eigenvalue weighted by molar-refractivity contribution is 0.111. The lowest BCUT2D eigenvalue weighted by atomic mass is 9.82. The SMILES string of the molecule is NC1CCCCC1CCC(O)(P(=O)(O)O)P(=O)(O)O.NC1CCCCC1CCC(O)(P(=O)(O)O)P(=O)(O)O.O.O.O. The molecule has 0 radical (unpaired) electrons. The Hall–Kier alpha value is 0.320. The van der Waals surface area contributed by atoms with Crippen LogP contribution in [0.2, 0.25) is 0 Å². The van der Waals surface area contributed by atoms with Gasteiger partial charge in [-0.3, -0.25) is 18.3 Å². The maximum absolute atomic E-state index is 11.2. The number of hydrogen-bond donors (Lipinski definition) is 12. The molecule has 20 N–H and O–H groups in total. The fourth-order valence-electron chi connectivity index (χ4n) is 4.87. The van der Waals surface area contributed by atoms with E-state index in [0.29, 0.717) is 0 Å². The van der Waals surface area contributed by atoms with E-state index >= 15 is 0 Å². The Morgan fingerprint density at radius 3 is 0.927 bits per heavy atom. The first-order valence-corrected chi connectivity index (χ1v) is 18.6. The first-order chi connectivity index (χ1) is 17.0. The fraction of sp³-hybridized carbons (Fsp3) is 1.00. The molecule has 2 fully saturated rings. The van der Waals surface area contributed by atoms with E-state index in [1.165, 1.54) is 0 Å². The normalized spacial score (nSPS) is 24.5. The van der Waals surface area contributed by atoms with Gasteiger partial charge < -0.3 is 77.3 Å². The second-order valence-electron chi connectivity index (χ2n) is 10.2. The van der Waals surface area contributed by atoms with E-state index in [4.69, 9.17) is 50.6 Å². The van der Waals surface area contributed by atoms with Gasteiger partial charge in [0.25, 0.3) is 10.2 Å². The summed E-state index contributed by atoms with van der Waals surface area (Å²) in [6.45, 7) is 0. The third-order valence-electron chi connectivity index (χ3n) is 7.50. The van der Waals surface area contributed by atoms with E-state index in [2.05, 4.69) is 0 Å². The van der Waals surface area contributed by atoms with Crippen molar-refractivity contribution >= 4 is 30.4 Å². The van der Waals surface area contributed by atoms with Crippen LogP contribution < -0.4 is 11.5 Å². The van der Waals surface area contributed by atoms with Gasteiger partial charge in [0, 0.05) is 24.9 Å². The summed E-state index contributed by atoms with van der Waals surface area (Å²) < 4.78 is 44.7. The van der Waals surface area contributed by atoms with Gasteiger partial charge in [-0.05, 0) is 50.4 Å². The van der Waals surface area contributed by atoms with Crippen molar-refractivity contribution in [3.05, 3.63) is 0 Å². The molecule has 0 aromatic carbocycles. The molecule has 2 aliphatic rings. The van der Waals surface area contributed by atoms with E-state index < -0.39 is 53.4 Å². The predicted molar refractivity (Wildman–Crippen MR) is 147 cm³/mol. The summed E-state index contributed by atoms with van der Waals surface area (Å²) in [5.41, 5.74) is 11.7. The highest BCUT2D eigenvalue weighted by Crippen LogP contribution is 2.70. The smallest absolute Gasteiger partial charge is 0.369 e. The van der Waals surface area contributed by atoms with Gasteiger partial charge in [-0.25, -0.2) is 0 Å². The van der Waals surface area contributed by atoms with Crippen molar-refractivity contribution in [1.29, 1.82) is 0 Å². The van der Waals surface area contributed by atoms with Crippen molar-refractivity contribution < 1.29 is 84.0 Å². The third-order valence-corrected chi connectivity index (χ3v) is 15.3. The molecule has 2 saturated carbocycles. The second-order valence-corrected chi connectivity index (χ2v) is 18.2. The van der Waals surface area contributed by atoms with Crippen LogP contribution in [0.15, 0.2) is 0 Å². The molecule has 41 heavy (non-hydrogen) atoms. The lowest BCUT2D eigenvalue weighted by Gasteiger charge is -2.33. The zero-order valence-corrected chi connectivity index (χ0v) is 25.9. The van der Waals surface area contributed by atoms with Gasteiger partial charge in [0.2, 0.25) is 0 Å². The molecule has 23 heteroatoms. The van der Waals surface area contributed by atoms with Crippen LogP contribution in [0.25, 0.3) is 0 Å². The van der Waals surface area contributed by atoms with Crippen LogP contribution in [0.3, 0.4) is 0 Å². The highest BCUT2D eigenvalue weighted by atomic mass is 31.2. The summed E-state index contributed by atoms with van der Waals surface area (Å²) in [4.78, 5) is 72.0. The molecular weight excluding hydrogens is 640 g/mol. The van der Waals surface area contributed by atoms with Crippen LogP contribution >= 0.6 is 30.4 Å². The quantitative estimate of drug-likeness (QED) is 0.111. The summed E-state index contributed by atoms with van der Waals surface area (Å²) in [5.74, 6) is -0.170. The molecule has 0 saturated heterocycles. The third kappa shape index (κ3) is 12.0. The standard InChI is InChI=1S/2C9H21NO7P2.3H2O/c2*10-8-4-2-1-3-7(8)5-6-9(11,18(12,13)14)19(15,16)17;;;/h2*7-8,11H,1-6,10H2,(H2,12,13,14)(H2,15,16,17);3*1H2. The largest absolute Gasteiger partial charge is 0.412 e.